The molecule has 10 heteroatoms. The maximum absolute atomic E-state index is 12.3. The van der Waals surface area contributed by atoms with Gasteiger partial charge in [-0.1, -0.05) is 25.7 Å². The van der Waals surface area contributed by atoms with Gasteiger partial charge in [0.25, 0.3) is 0 Å². The quantitative estimate of drug-likeness (QED) is 0.235. The number of hydrazine groups is 1. The number of carbonyl (C=O) groups excluding carboxylic acids is 2. The predicted octanol–water partition coefficient (Wildman–Crippen LogP) is 0.184. The first-order chi connectivity index (χ1) is 16.7. The van der Waals surface area contributed by atoms with Crippen molar-refractivity contribution in [3.05, 3.63) is 0 Å². The molecule has 8 atom stereocenters. The number of rotatable bonds is 9. The Hall–Kier alpha value is -1.30. The van der Waals surface area contributed by atoms with Crippen molar-refractivity contribution in [3.63, 3.8) is 0 Å². The number of amides is 2. The molecule has 0 aromatic carbocycles. The van der Waals surface area contributed by atoms with Gasteiger partial charge < -0.3 is 16.0 Å². The van der Waals surface area contributed by atoms with E-state index in [0.29, 0.717) is 37.3 Å². The average molecular weight is 478 g/mol. The molecule has 8 unspecified atom stereocenters. The van der Waals surface area contributed by atoms with Crippen molar-refractivity contribution in [3.8, 4) is 0 Å². The highest BCUT2D eigenvalue weighted by atomic mass is 16.7. The fourth-order valence-corrected chi connectivity index (χ4v) is 6.87. The lowest BCUT2D eigenvalue weighted by Crippen LogP contribution is -2.64. The lowest BCUT2D eigenvalue weighted by molar-refractivity contribution is -0.134. The Labute approximate surface area is 202 Å². The van der Waals surface area contributed by atoms with Crippen LogP contribution < -0.4 is 37.6 Å². The first-order valence-electron chi connectivity index (χ1n) is 13.6. The summed E-state index contributed by atoms with van der Waals surface area (Å²) in [5.74, 6) is 1.96. The number of hydrogen-bond donors (Lipinski definition) is 7. The van der Waals surface area contributed by atoms with Gasteiger partial charge in [0.05, 0.1) is 12.3 Å². The summed E-state index contributed by atoms with van der Waals surface area (Å²) < 4.78 is 0. The Morgan fingerprint density at radius 3 is 2.74 bits per heavy atom. The molecule has 0 aromatic rings. The van der Waals surface area contributed by atoms with Crippen molar-refractivity contribution in [1.29, 1.82) is 0 Å². The maximum atomic E-state index is 12.3. The number of fused-ring (bicyclic) bond motifs is 2. The Kier molecular flexibility index (Phi) is 8.34. The summed E-state index contributed by atoms with van der Waals surface area (Å²) in [6.07, 6.45) is 11.8. The van der Waals surface area contributed by atoms with Crippen LogP contribution in [0.5, 0.6) is 0 Å². The van der Waals surface area contributed by atoms with Gasteiger partial charge in [-0.05, 0) is 51.0 Å². The third-order valence-corrected chi connectivity index (χ3v) is 8.72. The monoisotopic (exact) mass is 477 g/mol. The smallest absolute Gasteiger partial charge is 0.237 e. The molecule has 7 N–H and O–H groups in total. The summed E-state index contributed by atoms with van der Waals surface area (Å²) in [6, 6.07) is 0.665. The van der Waals surface area contributed by atoms with Crippen molar-refractivity contribution < 1.29 is 14.4 Å². The van der Waals surface area contributed by atoms with Crippen LogP contribution in [0.15, 0.2) is 0 Å². The van der Waals surface area contributed by atoms with Gasteiger partial charge in [0, 0.05) is 43.3 Å². The Morgan fingerprint density at radius 1 is 1.00 bits per heavy atom. The zero-order chi connectivity index (χ0) is 23.3. The van der Waals surface area contributed by atoms with Crippen LogP contribution in [0.4, 0.5) is 0 Å². The number of hydrogen-bond acceptors (Lipinski definition) is 8. The first kappa shape index (κ1) is 24.4. The maximum Gasteiger partial charge on any atom is 0.237 e. The van der Waals surface area contributed by atoms with Gasteiger partial charge in [0.15, 0.2) is 0 Å². The minimum Gasteiger partial charge on any atom is -0.356 e. The highest BCUT2D eigenvalue weighted by Gasteiger charge is 2.43. The van der Waals surface area contributed by atoms with Crippen LogP contribution in [0.3, 0.4) is 0 Å². The molecule has 0 aromatic heterocycles. The molecule has 3 aliphatic heterocycles. The van der Waals surface area contributed by atoms with Gasteiger partial charge in [-0.3, -0.25) is 25.2 Å². The number of hydroxylamine groups is 1. The lowest BCUT2D eigenvalue weighted by atomic mass is 9.76. The van der Waals surface area contributed by atoms with E-state index in [1.807, 2.05) is 0 Å². The first-order valence-corrected chi connectivity index (χ1v) is 13.6. The highest BCUT2D eigenvalue weighted by molar-refractivity contribution is 5.79. The van der Waals surface area contributed by atoms with Crippen LogP contribution in [-0.4, -0.2) is 56.0 Å². The second-order valence-electron chi connectivity index (χ2n) is 10.9. The van der Waals surface area contributed by atoms with E-state index in [9.17, 15) is 9.59 Å². The fourth-order valence-electron chi connectivity index (χ4n) is 6.87. The third kappa shape index (κ3) is 5.74. The molecule has 5 rings (SSSR count). The minimum absolute atomic E-state index is 0.0686. The molecule has 0 spiro atoms. The van der Waals surface area contributed by atoms with Gasteiger partial charge in [0.1, 0.15) is 6.23 Å². The molecule has 10 nitrogen and oxygen atoms in total. The van der Waals surface area contributed by atoms with E-state index >= 15 is 0 Å². The minimum atomic E-state index is -0.115. The summed E-state index contributed by atoms with van der Waals surface area (Å²) in [7, 11) is 0. The Balaban J connectivity index is 0.936. The van der Waals surface area contributed by atoms with Crippen molar-refractivity contribution in [1.82, 2.24) is 37.6 Å². The number of nitrogens with one attached hydrogen (secondary N) is 7. The molecule has 2 amide bonds. The van der Waals surface area contributed by atoms with Gasteiger partial charge in [-0.2, -0.15) is 5.48 Å². The zero-order valence-electron chi connectivity index (χ0n) is 20.2. The second kappa shape index (κ2) is 11.6. The summed E-state index contributed by atoms with van der Waals surface area (Å²) in [6.45, 7) is 2.48. The van der Waals surface area contributed by atoms with E-state index in [-0.39, 0.29) is 36.3 Å². The van der Waals surface area contributed by atoms with Crippen LogP contribution in [0.1, 0.15) is 70.6 Å². The van der Waals surface area contributed by atoms with E-state index in [4.69, 9.17) is 4.84 Å². The lowest BCUT2D eigenvalue weighted by Gasteiger charge is -2.41. The molecule has 34 heavy (non-hydrogen) atoms. The second-order valence-corrected chi connectivity index (χ2v) is 10.9. The van der Waals surface area contributed by atoms with Crippen molar-refractivity contribution >= 4 is 11.8 Å². The molecule has 192 valence electrons. The topological polar surface area (TPSA) is 128 Å². The summed E-state index contributed by atoms with van der Waals surface area (Å²) in [4.78, 5) is 30.1. The van der Waals surface area contributed by atoms with Gasteiger partial charge in [-0.25, -0.2) is 5.43 Å². The van der Waals surface area contributed by atoms with Gasteiger partial charge in [0.2, 0.25) is 11.8 Å². The molecule has 5 fully saturated rings. The van der Waals surface area contributed by atoms with Crippen LogP contribution in [0.2, 0.25) is 0 Å². The van der Waals surface area contributed by atoms with E-state index in [1.54, 1.807) is 0 Å². The molecule has 0 radical (unpaired) electrons. The molecule has 3 saturated heterocycles. The van der Waals surface area contributed by atoms with Crippen LogP contribution in [-0.2, 0) is 14.4 Å². The summed E-state index contributed by atoms with van der Waals surface area (Å²) in [5.41, 5.74) is 9.15. The molecule has 2 aliphatic carbocycles. The van der Waals surface area contributed by atoms with Crippen molar-refractivity contribution in [2.24, 2.45) is 23.7 Å². The molecular weight excluding hydrogens is 434 g/mol. The van der Waals surface area contributed by atoms with Gasteiger partial charge >= 0.3 is 0 Å². The van der Waals surface area contributed by atoms with E-state index in [0.717, 1.165) is 44.7 Å². The Bertz CT molecular complexity index is 710. The van der Waals surface area contributed by atoms with E-state index in [1.165, 1.54) is 32.1 Å². The SMILES string of the molecule is O=C(CCC1NC(C2CNC3CCCCC32)NO1)NCCCNC1NNC(=O)C2CCCCC12. The molecule has 3 heterocycles. The normalized spacial score (nSPS) is 39.8. The van der Waals surface area contributed by atoms with Gasteiger partial charge in [-0.15, -0.1) is 0 Å². The standard InChI is InChI=1S/C24H43N7O3/c32-20(25-12-5-13-26-22-16-7-1-2-8-17(16)24(33)30-29-22)10-11-21-28-23(31-34-21)18-14-27-19-9-4-3-6-15(18)19/h15-19,21-23,26-29,31H,1-14H2,(H,25,32)(H,30,33). The van der Waals surface area contributed by atoms with Crippen LogP contribution in [0, 0.1) is 23.7 Å². The Morgan fingerprint density at radius 2 is 1.82 bits per heavy atom. The summed E-state index contributed by atoms with van der Waals surface area (Å²) in [5, 5.41) is 13.8. The van der Waals surface area contributed by atoms with Crippen LogP contribution >= 0.6 is 0 Å². The van der Waals surface area contributed by atoms with Crippen molar-refractivity contribution in [2.45, 2.75) is 95.2 Å². The summed E-state index contributed by atoms with van der Waals surface area (Å²) >= 11 is 0. The molecular formula is C24H43N7O3. The third-order valence-electron chi connectivity index (χ3n) is 8.72. The van der Waals surface area contributed by atoms with Crippen molar-refractivity contribution in [2.75, 3.05) is 19.6 Å². The highest BCUT2D eigenvalue weighted by Crippen LogP contribution is 2.36. The zero-order valence-corrected chi connectivity index (χ0v) is 20.2. The van der Waals surface area contributed by atoms with Crippen LogP contribution in [0.25, 0.3) is 0 Å². The fraction of sp³-hybridized carbons (Fsp3) is 0.917. The largest absolute Gasteiger partial charge is 0.356 e. The number of carbonyl (C=O) groups is 2. The molecule has 5 aliphatic rings. The predicted molar refractivity (Wildman–Crippen MR) is 128 cm³/mol. The van der Waals surface area contributed by atoms with E-state index < -0.39 is 0 Å². The van der Waals surface area contributed by atoms with E-state index in [2.05, 4.69) is 37.6 Å². The molecule has 0 bridgehead atoms. The average Bonchev–Trinajstić information content (AvgIpc) is 3.51. The molecule has 2 saturated carbocycles.